The van der Waals surface area contributed by atoms with Gasteiger partial charge < -0.3 is 10.0 Å². The molecule has 0 aromatic heterocycles. The van der Waals surface area contributed by atoms with E-state index < -0.39 is 9.84 Å². The number of nitrogens with zero attached hydrogens (tertiary/aromatic N) is 2. The largest absolute Gasteiger partial charge is 0.392 e. The third-order valence-corrected chi connectivity index (χ3v) is 8.79. The summed E-state index contributed by atoms with van der Waals surface area (Å²) in [6, 6.07) is 16.4. The highest BCUT2D eigenvalue weighted by molar-refractivity contribution is 7.90. The van der Waals surface area contributed by atoms with E-state index in [-0.39, 0.29) is 17.5 Å². The zero-order valence-corrected chi connectivity index (χ0v) is 21.0. The minimum Gasteiger partial charge on any atom is -0.392 e. The molecule has 2 aromatic rings. The second kappa shape index (κ2) is 9.77. The molecule has 4 rings (SSSR count). The van der Waals surface area contributed by atoms with Crippen molar-refractivity contribution in [1.29, 1.82) is 0 Å². The molecule has 0 unspecified atom stereocenters. The number of piperazine rings is 1. The van der Waals surface area contributed by atoms with Crippen LogP contribution >= 0.6 is 0 Å². The van der Waals surface area contributed by atoms with Gasteiger partial charge in [0.05, 0.1) is 17.5 Å². The van der Waals surface area contributed by atoms with Crippen LogP contribution in [0.3, 0.4) is 0 Å². The zero-order valence-electron chi connectivity index (χ0n) is 20.2. The van der Waals surface area contributed by atoms with E-state index in [1.165, 1.54) is 37.5 Å². The average Bonchev–Trinajstić information content (AvgIpc) is 2.80. The van der Waals surface area contributed by atoms with Crippen LogP contribution in [-0.2, 0) is 16.4 Å². The normalized spacial score (nSPS) is 22.4. The predicted molar refractivity (Wildman–Crippen MR) is 134 cm³/mol. The number of anilines is 1. The standard InChI is InChI=1S/C27H38N2O3S/c1-27(2)13-11-21(12-14-27)18-29-16-15-28(19-25(29)22-7-5-4-6-8-22)24-10-9-23(20-30)26(17-24)33(3,31)32/h4-10,17,21,25,30H,11-16,18-20H2,1-3H3/t25-/m0/s1. The van der Waals surface area contributed by atoms with Gasteiger partial charge in [-0.25, -0.2) is 8.42 Å². The summed E-state index contributed by atoms with van der Waals surface area (Å²) >= 11 is 0. The lowest BCUT2D eigenvalue weighted by molar-refractivity contribution is 0.108. The van der Waals surface area contributed by atoms with Gasteiger partial charge in [0, 0.05) is 38.1 Å². The molecule has 1 saturated heterocycles. The van der Waals surface area contributed by atoms with Gasteiger partial charge in [-0.05, 0) is 60.3 Å². The molecule has 0 radical (unpaired) electrons. The van der Waals surface area contributed by atoms with Crippen LogP contribution in [0.25, 0.3) is 0 Å². The number of sulfone groups is 1. The Balaban J connectivity index is 1.56. The number of benzene rings is 2. The summed E-state index contributed by atoms with van der Waals surface area (Å²) < 4.78 is 24.6. The first-order valence-electron chi connectivity index (χ1n) is 12.1. The van der Waals surface area contributed by atoms with Gasteiger partial charge in [-0.1, -0.05) is 50.2 Å². The van der Waals surface area contributed by atoms with Crippen molar-refractivity contribution >= 4 is 15.5 Å². The first-order chi connectivity index (χ1) is 15.7. The van der Waals surface area contributed by atoms with Crippen LogP contribution in [0.5, 0.6) is 0 Å². The molecular formula is C27H38N2O3S. The Labute approximate surface area is 199 Å². The Kier molecular flexibility index (Phi) is 7.18. The molecule has 5 nitrogen and oxygen atoms in total. The van der Waals surface area contributed by atoms with Gasteiger partial charge in [-0.2, -0.15) is 0 Å². The summed E-state index contributed by atoms with van der Waals surface area (Å²) in [5.74, 6) is 0.747. The molecule has 33 heavy (non-hydrogen) atoms. The Morgan fingerprint density at radius 1 is 1.03 bits per heavy atom. The van der Waals surface area contributed by atoms with Crippen LogP contribution in [0.2, 0.25) is 0 Å². The summed E-state index contributed by atoms with van der Waals surface area (Å²) in [6.07, 6.45) is 6.42. The summed E-state index contributed by atoms with van der Waals surface area (Å²) in [7, 11) is -3.41. The molecular weight excluding hydrogens is 432 g/mol. The predicted octanol–water partition coefficient (Wildman–Crippen LogP) is 4.66. The minimum atomic E-state index is -3.41. The van der Waals surface area contributed by atoms with E-state index in [1.807, 2.05) is 6.07 Å². The number of hydrogen-bond donors (Lipinski definition) is 1. The lowest BCUT2D eigenvalue weighted by Gasteiger charge is -2.45. The molecule has 1 saturated carbocycles. The number of rotatable bonds is 6. The highest BCUT2D eigenvalue weighted by Crippen LogP contribution is 2.39. The highest BCUT2D eigenvalue weighted by Gasteiger charge is 2.33. The maximum atomic E-state index is 12.3. The third kappa shape index (κ3) is 5.79. The van der Waals surface area contributed by atoms with E-state index in [0.717, 1.165) is 37.8 Å². The lowest BCUT2D eigenvalue weighted by Crippen LogP contribution is -2.50. The van der Waals surface area contributed by atoms with Crippen LogP contribution in [0.4, 0.5) is 5.69 Å². The zero-order chi connectivity index (χ0) is 23.6. The molecule has 0 bridgehead atoms. The molecule has 0 amide bonds. The molecule has 1 aliphatic heterocycles. The van der Waals surface area contributed by atoms with E-state index in [2.05, 4.69) is 54.0 Å². The average molecular weight is 471 g/mol. The summed E-state index contributed by atoms with van der Waals surface area (Å²) in [4.78, 5) is 5.17. The van der Waals surface area contributed by atoms with Crippen LogP contribution < -0.4 is 4.90 Å². The SMILES string of the molecule is CC1(C)CCC(CN2CCN(c3ccc(CO)c(S(C)(=O)=O)c3)C[C@H]2c2ccccc2)CC1. The quantitative estimate of drug-likeness (QED) is 0.665. The van der Waals surface area contributed by atoms with Gasteiger partial charge in [0.25, 0.3) is 0 Å². The van der Waals surface area contributed by atoms with Crippen molar-refractivity contribution in [3.05, 3.63) is 59.7 Å². The van der Waals surface area contributed by atoms with Crippen molar-refractivity contribution in [2.24, 2.45) is 11.3 Å². The van der Waals surface area contributed by atoms with Crippen LogP contribution in [0, 0.1) is 11.3 Å². The summed E-state index contributed by atoms with van der Waals surface area (Å²) in [6.45, 7) is 8.27. The van der Waals surface area contributed by atoms with Gasteiger partial charge >= 0.3 is 0 Å². The van der Waals surface area contributed by atoms with E-state index in [9.17, 15) is 13.5 Å². The molecule has 1 N–H and O–H groups in total. The smallest absolute Gasteiger partial charge is 0.175 e. The molecule has 2 aliphatic rings. The third-order valence-electron chi connectivity index (χ3n) is 7.61. The van der Waals surface area contributed by atoms with Gasteiger partial charge in [-0.3, -0.25) is 4.90 Å². The van der Waals surface area contributed by atoms with Gasteiger partial charge in [0.15, 0.2) is 9.84 Å². The van der Waals surface area contributed by atoms with Crippen LogP contribution in [0.15, 0.2) is 53.4 Å². The Morgan fingerprint density at radius 2 is 1.73 bits per heavy atom. The monoisotopic (exact) mass is 470 g/mol. The number of aliphatic hydroxyl groups is 1. The maximum Gasteiger partial charge on any atom is 0.175 e. The van der Waals surface area contributed by atoms with Crippen molar-refractivity contribution in [1.82, 2.24) is 4.90 Å². The summed E-state index contributed by atoms with van der Waals surface area (Å²) in [5.41, 5.74) is 3.16. The Hall–Kier alpha value is -1.89. The van der Waals surface area contributed by atoms with Crippen molar-refractivity contribution < 1.29 is 13.5 Å². The van der Waals surface area contributed by atoms with E-state index in [1.54, 1.807) is 12.1 Å². The van der Waals surface area contributed by atoms with Gasteiger partial charge in [-0.15, -0.1) is 0 Å². The molecule has 1 aliphatic carbocycles. The number of hydrogen-bond acceptors (Lipinski definition) is 5. The molecule has 0 spiro atoms. The minimum absolute atomic E-state index is 0.228. The van der Waals surface area contributed by atoms with Gasteiger partial charge in [0.2, 0.25) is 0 Å². The molecule has 2 fully saturated rings. The Morgan fingerprint density at radius 3 is 2.36 bits per heavy atom. The van der Waals surface area contributed by atoms with Gasteiger partial charge in [0.1, 0.15) is 0 Å². The van der Waals surface area contributed by atoms with E-state index >= 15 is 0 Å². The fraction of sp³-hybridized carbons (Fsp3) is 0.556. The molecule has 2 aromatic carbocycles. The highest BCUT2D eigenvalue weighted by atomic mass is 32.2. The molecule has 180 valence electrons. The second-order valence-corrected chi connectivity index (χ2v) is 12.7. The summed E-state index contributed by atoms with van der Waals surface area (Å²) in [5, 5.41) is 9.61. The topological polar surface area (TPSA) is 60.9 Å². The Bertz CT molecular complexity index is 1040. The molecule has 1 heterocycles. The van der Waals surface area contributed by atoms with Crippen molar-refractivity contribution in [2.45, 2.75) is 57.1 Å². The number of aliphatic hydroxyl groups excluding tert-OH is 1. The first kappa shape index (κ1) is 24.2. The first-order valence-corrected chi connectivity index (χ1v) is 14.0. The van der Waals surface area contributed by atoms with Crippen molar-refractivity contribution in [3.63, 3.8) is 0 Å². The fourth-order valence-corrected chi connectivity index (χ4v) is 6.40. The van der Waals surface area contributed by atoms with Crippen LogP contribution in [0.1, 0.15) is 56.7 Å². The molecule has 6 heteroatoms. The van der Waals surface area contributed by atoms with E-state index in [4.69, 9.17) is 0 Å². The fourth-order valence-electron chi connectivity index (χ4n) is 5.45. The maximum absolute atomic E-state index is 12.3. The van der Waals surface area contributed by atoms with Crippen LogP contribution in [-0.4, -0.2) is 50.9 Å². The van der Waals surface area contributed by atoms with Crippen molar-refractivity contribution in [2.75, 3.05) is 37.3 Å². The van der Waals surface area contributed by atoms with E-state index in [0.29, 0.717) is 11.0 Å². The second-order valence-electron chi connectivity index (χ2n) is 10.7. The lowest BCUT2D eigenvalue weighted by atomic mass is 9.73. The van der Waals surface area contributed by atoms with Crippen molar-refractivity contribution in [3.8, 4) is 0 Å². The molecule has 1 atom stereocenters.